The van der Waals surface area contributed by atoms with Crippen LogP contribution in [0.1, 0.15) is 34.9 Å². The zero-order valence-electron chi connectivity index (χ0n) is 16.4. The van der Waals surface area contributed by atoms with Gasteiger partial charge in [0, 0.05) is 37.8 Å². The largest absolute Gasteiger partial charge is 0.379 e. The molecule has 0 aliphatic carbocycles. The van der Waals surface area contributed by atoms with Gasteiger partial charge in [-0.3, -0.25) is 9.89 Å². The van der Waals surface area contributed by atoms with E-state index in [1.54, 1.807) is 18.2 Å². The zero-order chi connectivity index (χ0) is 21.1. The van der Waals surface area contributed by atoms with Crippen molar-refractivity contribution in [3.63, 3.8) is 0 Å². The highest BCUT2D eigenvalue weighted by Crippen LogP contribution is 2.29. The zero-order valence-corrected chi connectivity index (χ0v) is 17.2. The second-order valence-corrected chi connectivity index (χ2v) is 9.26. The lowest BCUT2D eigenvalue weighted by Gasteiger charge is -2.35. The Morgan fingerprint density at radius 2 is 1.80 bits per heavy atom. The number of para-hydroxylation sites is 1. The Morgan fingerprint density at radius 3 is 2.50 bits per heavy atom. The molecule has 4 rings (SSSR count). The third-order valence-corrected chi connectivity index (χ3v) is 7.50. The van der Waals surface area contributed by atoms with E-state index in [2.05, 4.69) is 15.5 Å². The van der Waals surface area contributed by atoms with E-state index in [-0.39, 0.29) is 17.3 Å². The molecule has 3 heterocycles. The van der Waals surface area contributed by atoms with E-state index in [1.807, 2.05) is 0 Å². The summed E-state index contributed by atoms with van der Waals surface area (Å²) in [4.78, 5) is 12.4. The molecule has 1 aromatic carbocycles. The van der Waals surface area contributed by atoms with Crippen molar-refractivity contribution in [1.29, 1.82) is 0 Å². The van der Waals surface area contributed by atoms with Crippen LogP contribution in [-0.4, -0.2) is 72.5 Å². The van der Waals surface area contributed by atoms with Crippen molar-refractivity contribution in [2.75, 3.05) is 44.7 Å². The van der Waals surface area contributed by atoms with E-state index in [0.29, 0.717) is 52.2 Å². The number of carbonyl (C=O) groups excluding carboxylic acids is 1. The molecule has 0 radical (unpaired) electrons. The van der Waals surface area contributed by atoms with E-state index in [4.69, 9.17) is 4.74 Å². The van der Waals surface area contributed by atoms with Gasteiger partial charge in [0.15, 0.2) is 5.69 Å². The molecule has 1 amide bonds. The first kappa shape index (κ1) is 20.9. The van der Waals surface area contributed by atoms with E-state index < -0.39 is 21.9 Å². The van der Waals surface area contributed by atoms with Gasteiger partial charge in [0.05, 0.1) is 18.9 Å². The molecule has 2 aliphatic heterocycles. The number of carbonyl (C=O) groups is 1. The van der Waals surface area contributed by atoms with Crippen molar-refractivity contribution in [3.8, 4) is 0 Å². The maximum absolute atomic E-state index is 13.7. The van der Waals surface area contributed by atoms with Crippen LogP contribution < -0.4 is 5.32 Å². The number of nitrogens with zero attached hydrogens (tertiary/aromatic N) is 3. The van der Waals surface area contributed by atoms with Crippen LogP contribution in [0.25, 0.3) is 0 Å². The maximum atomic E-state index is 13.7. The van der Waals surface area contributed by atoms with E-state index in [9.17, 15) is 17.6 Å². The molecule has 2 N–H and O–H groups in total. The standard InChI is InChI=1S/C19H24FN5O4S/c20-15-3-1-2-4-16(15)21-19(26)18-13-17(22-23-18)14-5-7-24(8-6-14)30(27,28)25-9-11-29-12-10-25/h1-4,13-14H,5-12H2,(H,21,26)(H,22,23). The number of halogens is 1. The Bertz CT molecular complexity index is 998. The van der Waals surface area contributed by atoms with Crippen molar-refractivity contribution in [1.82, 2.24) is 18.8 Å². The second kappa shape index (κ2) is 8.80. The molecule has 30 heavy (non-hydrogen) atoms. The van der Waals surface area contributed by atoms with E-state index in [1.165, 1.54) is 20.7 Å². The van der Waals surface area contributed by atoms with Crippen LogP contribution >= 0.6 is 0 Å². The molecule has 162 valence electrons. The molecule has 0 unspecified atom stereocenters. The molecule has 2 aliphatic rings. The number of ether oxygens (including phenoxy) is 1. The number of morpholine rings is 1. The first-order chi connectivity index (χ1) is 14.4. The predicted molar refractivity (Wildman–Crippen MR) is 108 cm³/mol. The molecule has 0 spiro atoms. The average molecular weight is 437 g/mol. The quantitative estimate of drug-likeness (QED) is 0.738. The average Bonchev–Trinajstić information content (AvgIpc) is 3.27. The first-order valence-corrected chi connectivity index (χ1v) is 11.3. The maximum Gasteiger partial charge on any atom is 0.282 e. The normalized spacial score (nSPS) is 19.6. The number of piperidine rings is 1. The Labute approximate surface area is 174 Å². The summed E-state index contributed by atoms with van der Waals surface area (Å²) in [6, 6.07) is 7.57. The molecule has 1 aromatic heterocycles. The summed E-state index contributed by atoms with van der Waals surface area (Å²) in [6.07, 6.45) is 1.25. The lowest BCUT2D eigenvalue weighted by molar-refractivity contribution is 0.0696. The van der Waals surface area contributed by atoms with Crippen LogP contribution in [0.3, 0.4) is 0 Å². The van der Waals surface area contributed by atoms with Gasteiger partial charge in [-0.05, 0) is 31.0 Å². The van der Waals surface area contributed by atoms with Crippen molar-refractivity contribution < 1.29 is 22.3 Å². The number of aromatic nitrogens is 2. The summed E-state index contributed by atoms with van der Waals surface area (Å²) < 4.78 is 47.5. The number of benzene rings is 1. The Kier molecular flexibility index (Phi) is 6.14. The minimum absolute atomic E-state index is 0.0728. The molecule has 2 aromatic rings. The van der Waals surface area contributed by atoms with Crippen molar-refractivity contribution in [2.45, 2.75) is 18.8 Å². The highest BCUT2D eigenvalue weighted by Gasteiger charge is 2.34. The summed E-state index contributed by atoms with van der Waals surface area (Å²) >= 11 is 0. The molecular formula is C19H24FN5O4S. The fourth-order valence-electron chi connectivity index (χ4n) is 3.75. The topological polar surface area (TPSA) is 108 Å². The summed E-state index contributed by atoms with van der Waals surface area (Å²) in [5.41, 5.74) is 1.03. The smallest absolute Gasteiger partial charge is 0.282 e. The van der Waals surface area contributed by atoms with Crippen LogP contribution in [0.5, 0.6) is 0 Å². The second-order valence-electron chi connectivity index (χ2n) is 7.34. The van der Waals surface area contributed by atoms with Crippen LogP contribution in [0.4, 0.5) is 10.1 Å². The fourth-order valence-corrected chi connectivity index (χ4v) is 5.36. The van der Waals surface area contributed by atoms with E-state index in [0.717, 1.165) is 5.69 Å². The number of hydrogen-bond donors (Lipinski definition) is 2. The van der Waals surface area contributed by atoms with Gasteiger partial charge in [0.2, 0.25) is 0 Å². The monoisotopic (exact) mass is 437 g/mol. The van der Waals surface area contributed by atoms with Crippen LogP contribution in [-0.2, 0) is 14.9 Å². The van der Waals surface area contributed by atoms with Gasteiger partial charge in [0.1, 0.15) is 5.82 Å². The molecule has 9 nitrogen and oxygen atoms in total. The number of nitrogens with one attached hydrogen (secondary N) is 2. The molecule has 0 bridgehead atoms. The lowest BCUT2D eigenvalue weighted by atomic mass is 9.94. The third-order valence-electron chi connectivity index (χ3n) is 5.47. The van der Waals surface area contributed by atoms with Crippen molar-refractivity contribution in [2.24, 2.45) is 0 Å². The van der Waals surface area contributed by atoms with Crippen molar-refractivity contribution in [3.05, 3.63) is 47.5 Å². The summed E-state index contributed by atoms with van der Waals surface area (Å²) in [5, 5.41) is 9.43. The SMILES string of the molecule is O=C(Nc1ccccc1F)c1cc(C2CCN(S(=O)(=O)N3CCOCC3)CC2)[nH]n1. The van der Waals surface area contributed by atoms with Gasteiger partial charge >= 0.3 is 0 Å². The number of anilines is 1. The summed E-state index contributed by atoms with van der Waals surface area (Å²) in [6.45, 7) is 2.40. The molecule has 2 saturated heterocycles. The van der Waals surface area contributed by atoms with Gasteiger partial charge in [-0.2, -0.15) is 22.1 Å². The molecule has 0 atom stereocenters. The Hall–Kier alpha value is -2.34. The number of H-pyrrole nitrogens is 1. The fraction of sp³-hybridized carbons (Fsp3) is 0.474. The minimum atomic E-state index is -3.48. The van der Waals surface area contributed by atoms with Gasteiger partial charge < -0.3 is 10.1 Å². The minimum Gasteiger partial charge on any atom is -0.379 e. The number of aromatic amines is 1. The summed E-state index contributed by atoms with van der Waals surface area (Å²) in [7, 11) is -3.48. The van der Waals surface area contributed by atoms with Gasteiger partial charge in [-0.1, -0.05) is 12.1 Å². The predicted octanol–water partition coefficient (Wildman–Crippen LogP) is 1.56. The molecule has 0 saturated carbocycles. The lowest BCUT2D eigenvalue weighted by Crippen LogP contribution is -2.50. The van der Waals surface area contributed by atoms with Crippen LogP contribution in [0.2, 0.25) is 0 Å². The van der Waals surface area contributed by atoms with Gasteiger partial charge in [-0.15, -0.1) is 0 Å². The Morgan fingerprint density at radius 1 is 1.13 bits per heavy atom. The van der Waals surface area contributed by atoms with Crippen molar-refractivity contribution >= 4 is 21.8 Å². The highest BCUT2D eigenvalue weighted by atomic mass is 32.2. The van der Waals surface area contributed by atoms with Gasteiger partial charge in [-0.25, -0.2) is 4.39 Å². The first-order valence-electron chi connectivity index (χ1n) is 9.89. The van der Waals surface area contributed by atoms with E-state index >= 15 is 0 Å². The number of hydrogen-bond acceptors (Lipinski definition) is 5. The summed E-state index contributed by atoms with van der Waals surface area (Å²) in [5.74, 6) is -0.950. The van der Waals surface area contributed by atoms with Crippen LogP contribution in [0, 0.1) is 5.82 Å². The van der Waals surface area contributed by atoms with Gasteiger partial charge in [0.25, 0.3) is 16.1 Å². The van der Waals surface area contributed by atoms with Crippen LogP contribution in [0.15, 0.2) is 30.3 Å². The molecule has 2 fully saturated rings. The highest BCUT2D eigenvalue weighted by molar-refractivity contribution is 7.86. The molecule has 11 heteroatoms. The third kappa shape index (κ3) is 4.38. The number of rotatable bonds is 5. The molecular weight excluding hydrogens is 413 g/mol. The number of amides is 1. The Balaban J connectivity index is 1.36.